The lowest BCUT2D eigenvalue weighted by molar-refractivity contribution is 1.18. The molecule has 3 nitrogen and oxygen atoms in total. The van der Waals surface area contributed by atoms with Crippen LogP contribution in [0.25, 0.3) is 54.6 Å². The summed E-state index contributed by atoms with van der Waals surface area (Å²) in [5.41, 5.74) is 8.23. The van der Waals surface area contributed by atoms with Gasteiger partial charge in [0.15, 0.2) is 5.69 Å². The van der Waals surface area contributed by atoms with Crippen LogP contribution in [0, 0.1) is 17.9 Å². The standard InChI is InChI=1S/C32H19N3/c1-34-29-12-7-10-25(21-33)32(29)24-16-19-31-28(20-24)27-11-5-6-13-30(27)35(31)26-17-14-23(15-18-26)22-8-3-2-4-9-22/h2-20H. The van der Waals surface area contributed by atoms with Crippen molar-refractivity contribution in [3.05, 3.63) is 132 Å². The molecule has 0 N–H and O–H groups in total. The second kappa shape index (κ2) is 8.34. The lowest BCUT2D eigenvalue weighted by Gasteiger charge is -2.10. The molecule has 5 aromatic carbocycles. The average Bonchev–Trinajstić information content (AvgIpc) is 3.26. The molecular formula is C32H19N3. The number of para-hydroxylation sites is 1. The van der Waals surface area contributed by atoms with Crippen molar-refractivity contribution in [2.24, 2.45) is 0 Å². The molecule has 0 radical (unpaired) electrons. The molecule has 0 aliphatic carbocycles. The Labute approximate surface area is 203 Å². The van der Waals surface area contributed by atoms with Gasteiger partial charge in [-0.15, -0.1) is 0 Å². The highest BCUT2D eigenvalue weighted by Crippen LogP contribution is 2.39. The van der Waals surface area contributed by atoms with Gasteiger partial charge in [-0.05, 0) is 53.1 Å². The molecule has 6 rings (SSSR count). The van der Waals surface area contributed by atoms with Crippen molar-refractivity contribution in [1.82, 2.24) is 4.57 Å². The van der Waals surface area contributed by atoms with E-state index in [1.165, 1.54) is 11.1 Å². The average molecular weight is 446 g/mol. The quantitative estimate of drug-likeness (QED) is 0.251. The van der Waals surface area contributed by atoms with Gasteiger partial charge in [0, 0.05) is 27.6 Å². The van der Waals surface area contributed by atoms with Gasteiger partial charge in [-0.2, -0.15) is 5.26 Å². The number of benzene rings is 5. The zero-order valence-corrected chi connectivity index (χ0v) is 18.8. The van der Waals surface area contributed by atoms with E-state index < -0.39 is 0 Å². The van der Waals surface area contributed by atoms with Gasteiger partial charge >= 0.3 is 0 Å². The van der Waals surface area contributed by atoms with Crippen LogP contribution in [0.2, 0.25) is 0 Å². The van der Waals surface area contributed by atoms with E-state index in [0.717, 1.165) is 33.1 Å². The maximum Gasteiger partial charge on any atom is 0.196 e. The predicted octanol–water partition coefficient (Wildman–Crippen LogP) is 8.54. The van der Waals surface area contributed by atoms with Crippen molar-refractivity contribution in [2.45, 2.75) is 0 Å². The van der Waals surface area contributed by atoms with Crippen LogP contribution in [0.5, 0.6) is 0 Å². The second-order valence-corrected chi connectivity index (χ2v) is 8.42. The third-order valence-corrected chi connectivity index (χ3v) is 6.48. The van der Waals surface area contributed by atoms with E-state index in [-0.39, 0.29) is 0 Å². The van der Waals surface area contributed by atoms with E-state index in [2.05, 4.69) is 94.3 Å². The van der Waals surface area contributed by atoms with Gasteiger partial charge in [-0.1, -0.05) is 78.9 Å². The summed E-state index contributed by atoms with van der Waals surface area (Å²) in [6, 6.07) is 41.1. The summed E-state index contributed by atoms with van der Waals surface area (Å²) < 4.78 is 2.27. The Kier molecular flexibility index (Phi) is 4.88. The number of aromatic nitrogens is 1. The highest BCUT2D eigenvalue weighted by molar-refractivity contribution is 6.11. The van der Waals surface area contributed by atoms with Crippen LogP contribution in [0.3, 0.4) is 0 Å². The van der Waals surface area contributed by atoms with Gasteiger partial charge in [0.05, 0.1) is 23.7 Å². The molecule has 0 fully saturated rings. The summed E-state index contributed by atoms with van der Waals surface area (Å²) in [4.78, 5) is 3.68. The third kappa shape index (κ3) is 3.35. The molecule has 0 aliphatic rings. The fraction of sp³-hybridized carbons (Fsp3) is 0. The first-order chi connectivity index (χ1) is 17.3. The van der Waals surface area contributed by atoms with Crippen LogP contribution in [-0.4, -0.2) is 4.57 Å². The molecule has 0 bridgehead atoms. The number of hydrogen-bond donors (Lipinski definition) is 0. The van der Waals surface area contributed by atoms with Crippen LogP contribution in [-0.2, 0) is 0 Å². The van der Waals surface area contributed by atoms with E-state index in [1.807, 2.05) is 18.2 Å². The number of hydrogen-bond acceptors (Lipinski definition) is 1. The molecule has 1 heterocycles. The van der Waals surface area contributed by atoms with Crippen molar-refractivity contribution >= 4 is 27.5 Å². The topological polar surface area (TPSA) is 33.1 Å². The monoisotopic (exact) mass is 445 g/mol. The highest BCUT2D eigenvalue weighted by atomic mass is 15.0. The first kappa shape index (κ1) is 20.5. The molecular weight excluding hydrogens is 426 g/mol. The maximum atomic E-state index is 9.69. The Balaban J connectivity index is 1.57. The molecule has 0 amide bonds. The number of rotatable bonds is 3. The van der Waals surface area contributed by atoms with Crippen molar-refractivity contribution in [3.63, 3.8) is 0 Å². The normalized spacial score (nSPS) is 10.8. The van der Waals surface area contributed by atoms with Crippen molar-refractivity contribution in [3.8, 4) is 34.0 Å². The summed E-state index contributed by atoms with van der Waals surface area (Å²) in [7, 11) is 0. The van der Waals surface area contributed by atoms with E-state index in [9.17, 15) is 5.26 Å². The van der Waals surface area contributed by atoms with Crippen LogP contribution >= 0.6 is 0 Å². The number of fused-ring (bicyclic) bond motifs is 3. The van der Waals surface area contributed by atoms with E-state index >= 15 is 0 Å². The Morgan fingerprint density at radius 2 is 1.31 bits per heavy atom. The van der Waals surface area contributed by atoms with Gasteiger partial charge in [-0.25, -0.2) is 4.85 Å². The molecule has 0 atom stereocenters. The van der Waals surface area contributed by atoms with Crippen LogP contribution in [0.15, 0.2) is 115 Å². The van der Waals surface area contributed by atoms with Gasteiger partial charge in [0.1, 0.15) is 0 Å². The van der Waals surface area contributed by atoms with Crippen LogP contribution in [0.1, 0.15) is 5.56 Å². The summed E-state index contributed by atoms with van der Waals surface area (Å²) in [5.74, 6) is 0. The fourth-order valence-electron chi connectivity index (χ4n) is 4.87. The van der Waals surface area contributed by atoms with Gasteiger partial charge in [0.25, 0.3) is 0 Å². The molecule has 6 aromatic rings. The lowest BCUT2D eigenvalue weighted by Crippen LogP contribution is -1.94. The second-order valence-electron chi connectivity index (χ2n) is 8.42. The van der Waals surface area contributed by atoms with E-state index in [0.29, 0.717) is 16.8 Å². The largest absolute Gasteiger partial charge is 0.309 e. The van der Waals surface area contributed by atoms with Crippen molar-refractivity contribution < 1.29 is 0 Å². The molecule has 3 heteroatoms. The van der Waals surface area contributed by atoms with Crippen molar-refractivity contribution in [2.75, 3.05) is 0 Å². The highest BCUT2D eigenvalue weighted by Gasteiger charge is 2.16. The molecule has 0 spiro atoms. The zero-order chi connectivity index (χ0) is 23.8. The summed E-state index contributed by atoms with van der Waals surface area (Å²) in [6.45, 7) is 7.61. The minimum atomic E-state index is 0.489. The smallest absolute Gasteiger partial charge is 0.196 e. The van der Waals surface area contributed by atoms with E-state index in [1.54, 1.807) is 18.2 Å². The molecule has 0 aliphatic heterocycles. The van der Waals surface area contributed by atoms with E-state index in [4.69, 9.17) is 6.57 Å². The van der Waals surface area contributed by atoms with Gasteiger partial charge in [0.2, 0.25) is 0 Å². The summed E-state index contributed by atoms with van der Waals surface area (Å²) >= 11 is 0. The zero-order valence-electron chi connectivity index (χ0n) is 18.8. The Morgan fingerprint density at radius 3 is 2.09 bits per heavy atom. The lowest BCUT2D eigenvalue weighted by atomic mass is 9.97. The van der Waals surface area contributed by atoms with Crippen molar-refractivity contribution in [1.29, 1.82) is 5.26 Å². The molecule has 162 valence electrons. The number of nitriles is 1. The predicted molar refractivity (Wildman–Crippen MR) is 143 cm³/mol. The van der Waals surface area contributed by atoms with Gasteiger partial charge < -0.3 is 4.57 Å². The first-order valence-corrected chi connectivity index (χ1v) is 11.4. The Morgan fingerprint density at radius 1 is 0.629 bits per heavy atom. The minimum absolute atomic E-state index is 0.489. The fourth-order valence-corrected chi connectivity index (χ4v) is 4.87. The maximum absolute atomic E-state index is 9.69. The van der Waals surface area contributed by atoms with Crippen LogP contribution in [0.4, 0.5) is 5.69 Å². The SMILES string of the molecule is [C-]#[N+]c1cccc(C#N)c1-c1ccc2c(c1)c1ccccc1n2-c1ccc(-c2ccccc2)cc1. The Bertz CT molecular complexity index is 1760. The molecule has 1 aromatic heterocycles. The molecule has 0 unspecified atom stereocenters. The van der Waals surface area contributed by atoms with Gasteiger partial charge in [-0.3, -0.25) is 0 Å². The number of nitrogens with zero attached hydrogens (tertiary/aromatic N) is 3. The Hall–Kier alpha value is -5.12. The molecule has 0 saturated carbocycles. The molecule has 35 heavy (non-hydrogen) atoms. The van der Waals surface area contributed by atoms with Crippen LogP contribution < -0.4 is 0 Å². The summed E-state index contributed by atoms with van der Waals surface area (Å²) in [6.07, 6.45) is 0. The third-order valence-electron chi connectivity index (χ3n) is 6.48. The first-order valence-electron chi connectivity index (χ1n) is 11.4. The molecule has 0 saturated heterocycles. The summed E-state index contributed by atoms with van der Waals surface area (Å²) in [5, 5.41) is 11.9. The minimum Gasteiger partial charge on any atom is -0.309 e.